The van der Waals surface area contributed by atoms with Crippen molar-refractivity contribution in [1.82, 2.24) is 19.7 Å². The summed E-state index contributed by atoms with van der Waals surface area (Å²) in [5.74, 6) is 2.86. The SMILES string of the molecule is COc1ccc(-n2c(SCCSc3ccccc3F)nnc2-c2ccncc2)cc1. The minimum Gasteiger partial charge on any atom is -0.497 e. The van der Waals surface area contributed by atoms with Crippen molar-refractivity contribution in [3.63, 3.8) is 0 Å². The maximum Gasteiger partial charge on any atom is 0.196 e. The number of hydrogen-bond acceptors (Lipinski definition) is 6. The molecule has 0 aliphatic heterocycles. The predicted octanol–water partition coefficient (Wildman–Crippen LogP) is 5.36. The molecule has 0 saturated heterocycles. The van der Waals surface area contributed by atoms with Crippen LogP contribution in [0.5, 0.6) is 5.75 Å². The van der Waals surface area contributed by atoms with Crippen molar-refractivity contribution in [3.05, 3.63) is 78.9 Å². The summed E-state index contributed by atoms with van der Waals surface area (Å²) in [6.07, 6.45) is 3.47. The number of aromatic nitrogens is 4. The Morgan fingerprint density at radius 2 is 1.63 bits per heavy atom. The van der Waals surface area contributed by atoms with Gasteiger partial charge in [-0.3, -0.25) is 9.55 Å². The number of pyridine rings is 1. The summed E-state index contributed by atoms with van der Waals surface area (Å²) in [5.41, 5.74) is 1.87. The minimum atomic E-state index is -0.186. The van der Waals surface area contributed by atoms with Crippen molar-refractivity contribution in [2.75, 3.05) is 18.6 Å². The van der Waals surface area contributed by atoms with Crippen LogP contribution < -0.4 is 4.74 Å². The molecule has 0 unspecified atom stereocenters. The summed E-state index contributed by atoms with van der Waals surface area (Å²) in [6, 6.07) is 18.4. The first-order valence-corrected chi connectivity index (χ1v) is 11.2. The highest BCUT2D eigenvalue weighted by Gasteiger charge is 2.16. The van der Waals surface area contributed by atoms with E-state index >= 15 is 0 Å². The van der Waals surface area contributed by atoms with Gasteiger partial charge < -0.3 is 4.74 Å². The summed E-state index contributed by atoms with van der Waals surface area (Å²) >= 11 is 3.09. The molecule has 4 rings (SSSR count). The molecular weight excluding hydrogens is 419 g/mol. The highest BCUT2D eigenvalue weighted by molar-refractivity contribution is 8.02. The second kappa shape index (κ2) is 9.77. The smallest absolute Gasteiger partial charge is 0.196 e. The average molecular weight is 439 g/mol. The Bertz CT molecular complexity index is 1100. The Balaban J connectivity index is 1.56. The summed E-state index contributed by atoms with van der Waals surface area (Å²) in [4.78, 5) is 4.75. The topological polar surface area (TPSA) is 52.8 Å². The van der Waals surface area contributed by atoms with Gasteiger partial charge in [-0.2, -0.15) is 0 Å². The first-order valence-electron chi connectivity index (χ1n) is 9.26. The lowest BCUT2D eigenvalue weighted by atomic mass is 10.2. The Labute approximate surface area is 182 Å². The quantitative estimate of drug-likeness (QED) is 0.273. The molecule has 2 aromatic carbocycles. The van der Waals surface area contributed by atoms with Crippen molar-refractivity contribution in [2.24, 2.45) is 0 Å². The number of rotatable bonds is 8. The molecule has 0 atom stereocenters. The predicted molar refractivity (Wildman–Crippen MR) is 119 cm³/mol. The summed E-state index contributed by atoms with van der Waals surface area (Å²) < 4.78 is 21.1. The monoisotopic (exact) mass is 438 g/mol. The van der Waals surface area contributed by atoms with Gasteiger partial charge in [-0.1, -0.05) is 23.9 Å². The molecule has 0 radical (unpaired) electrons. The van der Waals surface area contributed by atoms with Crippen molar-refractivity contribution in [3.8, 4) is 22.8 Å². The number of thioether (sulfide) groups is 2. The molecule has 2 aromatic heterocycles. The van der Waals surface area contributed by atoms with E-state index in [1.54, 1.807) is 43.4 Å². The number of hydrogen-bond donors (Lipinski definition) is 0. The van der Waals surface area contributed by atoms with Crippen LogP contribution in [-0.4, -0.2) is 38.4 Å². The van der Waals surface area contributed by atoms with E-state index in [2.05, 4.69) is 15.2 Å². The standard InChI is InChI=1S/C22H19FN4OS2/c1-28-18-8-6-17(7-9-18)27-21(16-10-12-24-13-11-16)25-26-22(27)30-15-14-29-20-5-3-2-4-19(20)23/h2-13H,14-15H2,1H3. The van der Waals surface area contributed by atoms with Gasteiger partial charge in [0, 0.05) is 40.0 Å². The third-order valence-electron chi connectivity index (χ3n) is 4.31. The lowest BCUT2D eigenvalue weighted by molar-refractivity contribution is 0.414. The zero-order valence-electron chi connectivity index (χ0n) is 16.2. The molecular formula is C22H19FN4OS2. The van der Waals surface area contributed by atoms with Crippen LogP contribution in [0.25, 0.3) is 17.1 Å². The van der Waals surface area contributed by atoms with Crippen LogP contribution in [0, 0.1) is 5.82 Å². The van der Waals surface area contributed by atoms with Crippen LogP contribution in [-0.2, 0) is 0 Å². The number of ether oxygens (including phenoxy) is 1. The fourth-order valence-corrected chi connectivity index (χ4v) is 4.73. The van der Waals surface area contributed by atoms with Gasteiger partial charge in [0.05, 0.1) is 7.11 Å². The van der Waals surface area contributed by atoms with Gasteiger partial charge in [0.1, 0.15) is 11.6 Å². The van der Waals surface area contributed by atoms with E-state index in [4.69, 9.17) is 4.74 Å². The molecule has 0 bridgehead atoms. The van der Waals surface area contributed by atoms with Gasteiger partial charge in [-0.15, -0.1) is 22.0 Å². The van der Waals surface area contributed by atoms with Crippen LogP contribution in [0.2, 0.25) is 0 Å². The fourth-order valence-electron chi connectivity index (χ4n) is 2.86. The van der Waals surface area contributed by atoms with E-state index in [-0.39, 0.29) is 5.82 Å². The van der Waals surface area contributed by atoms with E-state index in [0.29, 0.717) is 4.90 Å². The number of halogens is 1. The lowest BCUT2D eigenvalue weighted by Crippen LogP contribution is -2.00. The van der Waals surface area contributed by atoms with Crippen molar-refractivity contribution >= 4 is 23.5 Å². The Hall–Kier alpha value is -2.84. The highest BCUT2D eigenvalue weighted by atomic mass is 32.2. The molecule has 0 amide bonds. The van der Waals surface area contributed by atoms with E-state index < -0.39 is 0 Å². The second-order valence-corrected chi connectivity index (χ2v) is 8.40. The molecule has 0 saturated carbocycles. The van der Waals surface area contributed by atoms with Crippen LogP contribution in [0.15, 0.2) is 83.1 Å². The normalized spacial score (nSPS) is 10.9. The molecule has 2 heterocycles. The van der Waals surface area contributed by atoms with Crippen molar-refractivity contribution in [1.29, 1.82) is 0 Å². The van der Waals surface area contributed by atoms with Gasteiger partial charge in [0.15, 0.2) is 11.0 Å². The van der Waals surface area contributed by atoms with E-state index in [9.17, 15) is 4.39 Å². The van der Waals surface area contributed by atoms with Crippen LogP contribution >= 0.6 is 23.5 Å². The fraction of sp³-hybridized carbons (Fsp3) is 0.136. The Kier molecular flexibility index (Phi) is 6.66. The molecule has 0 fully saturated rings. The molecule has 0 spiro atoms. The molecule has 0 aliphatic rings. The van der Waals surface area contributed by atoms with Gasteiger partial charge in [-0.25, -0.2) is 4.39 Å². The number of benzene rings is 2. The molecule has 152 valence electrons. The lowest BCUT2D eigenvalue weighted by Gasteiger charge is -2.11. The van der Waals surface area contributed by atoms with Crippen LogP contribution in [0.3, 0.4) is 0 Å². The zero-order chi connectivity index (χ0) is 20.8. The van der Waals surface area contributed by atoms with Gasteiger partial charge in [0.25, 0.3) is 0 Å². The maximum atomic E-state index is 13.8. The zero-order valence-corrected chi connectivity index (χ0v) is 17.9. The largest absolute Gasteiger partial charge is 0.497 e. The van der Waals surface area contributed by atoms with Gasteiger partial charge in [-0.05, 0) is 48.5 Å². The van der Waals surface area contributed by atoms with E-state index in [1.807, 2.05) is 47.0 Å². The molecule has 5 nitrogen and oxygen atoms in total. The Morgan fingerprint density at radius 1 is 0.900 bits per heavy atom. The van der Waals surface area contributed by atoms with Gasteiger partial charge in [0.2, 0.25) is 0 Å². The Morgan fingerprint density at radius 3 is 2.37 bits per heavy atom. The van der Waals surface area contributed by atoms with E-state index in [1.165, 1.54) is 17.8 Å². The molecule has 4 aromatic rings. The molecule has 0 aliphatic carbocycles. The number of nitrogens with zero attached hydrogens (tertiary/aromatic N) is 4. The third kappa shape index (κ3) is 4.66. The third-order valence-corrected chi connectivity index (χ3v) is 6.55. The van der Waals surface area contributed by atoms with Crippen molar-refractivity contribution < 1.29 is 9.13 Å². The highest BCUT2D eigenvalue weighted by Crippen LogP contribution is 2.30. The van der Waals surface area contributed by atoms with Crippen LogP contribution in [0.4, 0.5) is 4.39 Å². The number of methoxy groups -OCH3 is 1. The first kappa shape index (κ1) is 20.4. The molecule has 0 N–H and O–H groups in total. The molecule has 8 heteroatoms. The summed E-state index contributed by atoms with van der Waals surface area (Å²) in [6.45, 7) is 0. The van der Waals surface area contributed by atoms with Gasteiger partial charge >= 0.3 is 0 Å². The van der Waals surface area contributed by atoms with Crippen molar-refractivity contribution in [2.45, 2.75) is 10.1 Å². The minimum absolute atomic E-state index is 0.186. The van der Waals surface area contributed by atoms with Crippen LogP contribution in [0.1, 0.15) is 0 Å². The maximum absolute atomic E-state index is 13.8. The molecule has 30 heavy (non-hydrogen) atoms. The average Bonchev–Trinajstić information content (AvgIpc) is 3.22. The second-order valence-electron chi connectivity index (χ2n) is 6.20. The van der Waals surface area contributed by atoms with E-state index in [0.717, 1.165) is 39.5 Å². The summed E-state index contributed by atoms with van der Waals surface area (Å²) in [5, 5.41) is 9.62. The summed E-state index contributed by atoms with van der Waals surface area (Å²) in [7, 11) is 1.64. The first-order chi connectivity index (χ1) is 14.8.